The SMILES string of the molecule is COC(=O)CCC/C=C\C[C@@H]1[C@@H](COCc2ccc(C#N)cc2)[C@H](OC2CCCCO2)C[C@@H]1OCc1ccc(-c2ccccc2)cc1. The number of nitriles is 1. The maximum absolute atomic E-state index is 11.5. The molecular weight excluding hydrogens is 590 g/mol. The Labute approximate surface area is 279 Å². The van der Waals surface area contributed by atoms with Crippen LogP contribution in [-0.4, -0.2) is 44.8 Å². The lowest BCUT2D eigenvalue weighted by molar-refractivity contribution is -0.199. The van der Waals surface area contributed by atoms with Crippen LogP contribution >= 0.6 is 0 Å². The number of unbranched alkanes of at least 4 members (excludes halogenated alkanes) is 1. The molecule has 47 heavy (non-hydrogen) atoms. The van der Waals surface area contributed by atoms with Crippen LogP contribution in [0.15, 0.2) is 91.0 Å². The molecule has 5 atom stereocenters. The Hall–Kier alpha value is -3.80. The Kier molecular flexibility index (Phi) is 13.6. The van der Waals surface area contributed by atoms with Gasteiger partial charge in [-0.3, -0.25) is 4.79 Å². The molecule has 1 unspecified atom stereocenters. The maximum atomic E-state index is 11.5. The first-order valence-corrected chi connectivity index (χ1v) is 16.9. The van der Waals surface area contributed by atoms with Gasteiger partial charge in [-0.25, -0.2) is 0 Å². The second kappa shape index (κ2) is 18.5. The Morgan fingerprint density at radius 1 is 0.894 bits per heavy atom. The molecule has 248 valence electrons. The van der Waals surface area contributed by atoms with Crippen molar-refractivity contribution in [2.45, 2.75) is 83.1 Å². The van der Waals surface area contributed by atoms with E-state index in [1.165, 1.54) is 18.2 Å². The third-order valence-corrected chi connectivity index (χ3v) is 9.18. The average Bonchev–Trinajstić information content (AvgIpc) is 3.44. The van der Waals surface area contributed by atoms with Gasteiger partial charge in [-0.05, 0) is 78.8 Å². The number of carbonyl (C=O) groups excluding carboxylic acids is 1. The first kappa shape index (κ1) is 34.5. The number of ether oxygens (including phenoxy) is 5. The van der Waals surface area contributed by atoms with Gasteiger partial charge in [0.1, 0.15) is 0 Å². The van der Waals surface area contributed by atoms with Crippen LogP contribution in [-0.2, 0) is 41.7 Å². The number of hydrogen-bond acceptors (Lipinski definition) is 7. The molecule has 0 spiro atoms. The highest BCUT2D eigenvalue weighted by molar-refractivity contribution is 5.69. The molecule has 2 fully saturated rings. The van der Waals surface area contributed by atoms with Gasteiger partial charge in [0.2, 0.25) is 0 Å². The average molecular weight is 638 g/mol. The second-order valence-electron chi connectivity index (χ2n) is 12.4. The summed E-state index contributed by atoms with van der Waals surface area (Å²) in [6, 6.07) is 28.7. The zero-order chi connectivity index (χ0) is 32.7. The van der Waals surface area contributed by atoms with Crippen LogP contribution < -0.4 is 0 Å². The second-order valence-corrected chi connectivity index (χ2v) is 12.4. The number of rotatable bonds is 16. The summed E-state index contributed by atoms with van der Waals surface area (Å²) in [6.45, 7) is 2.24. The molecule has 1 saturated heterocycles. The highest BCUT2D eigenvalue weighted by Crippen LogP contribution is 2.41. The quantitative estimate of drug-likeness (QED) is 0.0890. The van der Waals surface area contributed by atoms with E-state index >= 15 is 0 Å². The van der Waals surface area contributed by atoms with E-state index in [-0.39, 0.29) is 36.3 Å². The number of hydrogen-bond donors (Lipinski definition) is 0. The van der Waals surface area contributed by atoms with Gasteiger partial charge >= 0.3 is 5.97 Å². The van der Waals surface area contributed by atoms with E-state index in [2.05, 4.69) is 66.8 Å². The Bertz CT molecular complexity index is 1430. The lowest BCUT2D eigenvalue weighted by atomic mass is 9.90. The van der Waals surface area contributed by atoms with Crippen molar-refractivity contribution in [3.8, 4) is 17.2 Å². The summed E-state index contributed by atoms with van der Waals surface area (Å²) in [6.07, 6.45) is 10.8. The molecule has 1 saturated carbocycles. The summed E-state index contributed by atoms with van der Waals surface area (Å²) in [4.78, 5) is 11.5. The van der Waals surface area contributed by atoms with Crippen molar-refractivity contribution in [3.63, 3.8) is 0 Å². The number of nitrogens with zero attached hydrogens (tertiary/aromatic N) is 1. The van der Waals surface area contributed by atoms with E-state index in [4.69, 9.17) is 28.9 Å². The van der Waals surface area contributed by atoms with Gasteiger partial charge in [-0.2, -0.15) is 5.26 Å². The van der Waals surface area contributed by atoms with Crippen molar-refractivity contribution in [1.29, 1.82) is 5.26 Å². The van der Waals surface area contributed by atoms with E-state index in [1.807, 2.05) is 30.3 Å². The summed E-state index contributed by atoms with van der Waals surface area (Å²) in [5.74, 6) is 0.123. The molecule has 3 aromatic carbocycles. The molecule has 0 bridgehead atoms. The molecule has 1 aliphatic carbocycles. The van der Waals surface area contributed by atoms with Crippen molar-refractivity contribution < 1.29 is 28.5 Å². The van der Waals surface area contributed by atoms with Crippen molar-refractivity contribution >= 4 is 5.97 Å². The molecule has 5 rings (SSSR count). The molecule has 0 amide bonds. The first-order chi connectivity index (χ1) is 23.1. The van der Waals surface area contributed by atoms with Gasteiger partial charge in [0.25, 0.3) is 0 Å². The smallest absolute Gasteiger partial charge is 0.305 e. The third-order valence-electron chi connectivity index (χ3n) is 9.18. The summed E-state index contributed by atoms with van der Waals surface area (Å²) < 4.78 is 30.5. The highest BCUT2D eigenvalue weighted by atomic mass is 16.7. The van der Waals surface area contributed by atoms with E-state index in [9.17, 15) is 4.79 Å². The van der Waals surface area contributed by atoms with E-state index < -0.39 is 0 Å². The number of benzene rings is 3. The van der Waals surface area contributed by atoms with Crippen LogP contribution in [0, 0.1) is 23.2 Å². The van der Waals surface area contributed by atoms with Crippen LogP contribution in [0.5, 0.6) is 0 Å². The predicted molar refractivity (Wildman–Crippen MR) is 181 cm³/mol. The van der Waals surface area contributed by atoms with Gasteiger partial charge in [-0.1, -0.05) is 78.9 Å². The lowest BCUT2D eigenvalue weighted by Crippen LogP contribution is -2.33. The normalized spacial score (nSPS) is 22.7. The monoisotopic (exact) mass is 637 g/mol. The van der Waals surface area contributed by atoms with E-state index in [0.717, 1.165) is 62.7 Å². The van der Waals surface area contributed by atoms with Crippen molar-refractivity contribution in [1.82, 2.24) is 0 Å². The van der Waals surface area contributed by atoms with Crippen LogP contribution in [0.2, 0.25) is 0 Å². The minimum absolute atomic E-state index is 0.0133. The number of carbonyl (C=O) groups is 1. The Morgan fingerprint density at radius 2 is 1.64 bits per heavy atom. The maximum Gasteiger partial charge on any atom is 0.305 e. The molecule has 7 nitrogen and oxygen atoms in total. The summed E-state index contributed by atoms with van der Waals surface area (Å²) in [5.41, 5.74) is 5.19. The molecule has 1 aliphatic heterocycles. The molecule has 0 radical (unpaired) electrons. The van der Waals surface area contributed by atoms with E-state index in [1.54, 1.807) is 0 Å². The topological polar surface area (TPSA) is 87.0 Å². The summed E-state index contributed by atoms with van der Waals surface area (Å²) >= 11 is 0. The zero-order valence-electron chi connectivity index (χ0n) is 27.4. The third kappa shape index (κ3) is 10.6. The summed E-state index contributed by atoms with van der Waals surface area (Å²) in [5, 5.41) is 9.15. The number of esters is 1. The zero-order valence-corrected chi connectivity index (χ0v) is 27.4. The van der Waals surface area contributed by atoms with Gasteiger partial charge in [0.05, 0.1) is 50.8 Å². The minimum atomic E-state index is -0.200. The number of allylic oxidation sites excluding steroid dienone is 2. The highest BCUT2D eigenvalue weighted by Gasteiger charge is 2.45. The fourth-order valence-corrected chi connectivity index (χ4v) is 6.50. The fourth-order valence-electron chi connectivity index (χ4n) is 6.50. The minimum Gasteiger partial charge on any atom is -0.469 e. The number of methoxy groups -OCH3 is 1. The first-order valence-electron chi connectivity index (χ1n) is 16.9. The lowest BCUT2D eigenvalue weighted by Gasteiger charge is -2.30. The van der Waals surface area contributed by atoms with Gasteiger partial charge < -0.3 is 23.7 Å². The van der Waals surface area contributed by atoms with E-state index in [0.29, 0.717) is 31.8 Å². The summed E-state index contributed by atoms with van der Waals surface area (Å²) in [7, 11) is 1.43. The molecule has 0 aromatic heterocycles. The van der Waals surface area contributed by atoms with Crippen molar-refractivity contribution in [2.24, 2.45) is 11.8 Å². The fraction of sp³-hybridized carbons (Fsp3) is 0.450. The Balaban J connectivity index is 1.28. The largest absolute Gasteiger partial charge is 0.469 e. The van der Waals surface area contributed by atoms with Crippen LogP contribution in [0.25, 0.3) is 11.1 Å². The molecule has 7 heteroatoms. The standard InChI is InChI=1S/C40H47NO6/c1-43-39(42)14-8-3-2-7-13-35-36(29-44-27-31-18-16-30(26-41)17-19-31)38(47-40-15-9-10-24-45-40)25-37(35)46-28-32-20-22-34(23-21-32)33-11-5-4-6-12-33/h2,4-7,11-12,16-23,35-38,40H,3,8-10,13-15,24-25,27-29H2,1H3/b7-2-/t35-,36-,37+,38-,40?/m1/s1. The molecule has 1 heterocycles. The van der Waals surface area contributed by atoms with Crippen molar-refractivity contribution in [2.75, 3.05) is 20.3 Å². The molecular formula is C40H47NO6. The Morgan fingerprint density at radius 3 is 2.36 bits per heavy atom. The molecule has 3 aromatic rings. The van der Waals surface area contributed by atoms with Crippen LogP contribution in [0.3, 0.4) is 0 Å². The van der Waals surface area contributed by atoms with Gasteiger partial charge in [-0.15, -0.1) is 0 Å². The van der Waals surface area contributed by atoms with Crippen LogP contribution in [0.4, 0.5) is 0 Å². The van der Waals surface area contributed by atoms with Crippen LogP contribution in [0.1, 0.15) is 68.1 Å². The van der Waals surface area contributed by atoms with Crippen molar-refractivity contribution in [3.05, 3.63) is 108 Å². The molecule has 2 aliphatic rings. The van der Waals surface area contributed by atoms with Gasteiger partial charge in [0, 0.05) is 25.4 Å². The molecule has 0 N–H and O–H groups in total. The predicted octanol–water partition coefficient (Wildman–Crippen LogP) is 8.16. The van der Waals surface area contributed by atoms with Gasteiger partial charge in [0.15, 0.2) is 6.29 Å².